The first-order valence-corrected chi connectivity index (χ1v) is 21.4. The summed E-state index contributed by atoms with van der Waals surface area (Å²) in [4.78, 5) is 45.3. The number of alkyl halides is 3. The highest BCUT2D eigenvalue weighted by Crippen LogP contribution is 2.78. The smallest absolute Gasteiger partial charge is 0.497 e. The molecule has 9 nitrogen and oxygen atoms in total. The number of hydrogen-bond acceptors (Lipinski definition) is 8. The number of ether oxygens (including phenoxy) is 3. The molecule has 2 N–H and O–H groups in total. The van der Waals surface area contributed by atoms with Crippen LogP contribution < -0.4 is 9.47 Å². The van der Waals surface area contributed by atoms with Gasteiger partial charge in [-0.15, -0.1) is 13.2 Å². The van der Waals surface area contributed by atoms with Crippen LogP contribution in [-0.2, 0) is 20.9 Å². The largest absolute Gasteiger partial charge is 0.573 e. The van der Waals surface area contributed by atoms with Crippen molar-refractivity contribution in [1.29, 1.82) is 0 Å². The van der Waals surface area contributed by atoms with E-state index in [0.717, 1.165) is 6.42 Å². The summed E-state index contributed by atoms with van der Waals surface area (Å²) in [5.41, 5.74) is -5.29. The van der Waals surface area contributed by atoms with Gasteiger partial charge in [-0.1, -0.05) is 58.1 Å². The number of amides is 1. The molecule has 1 aliphatic heterocycles. The lowest BCUT2D eigenvalue weighted by atomic mass is 9.32. The zero-order valence-electron chi connectivity index (χ0n) is 35.3. The average Bonchev–Trinajstić information content (AvgIpc) is 3.65. The van der Waals surface area contributed by atoms with Crippen LogP contribution in [0.15, 0.2) is 72.3 Å². The second kappa shape index (κ2) is 12.9. The molecule has 12 heteroatoms. The summed E-state index contributed by atoms with van der Waals surface area (Å²) in [5.74, 6) is -0.875. The molecular formula is C48H56F3NO8. The number of carbonyl (C=O) groups excluding carboxylic acids is 3. The summed E-state index contributed by atoms with van der Waals surface area (Å²) in [6.45, 7) is 9.83. The molecule has 322 valence electrons. The Kier molecular flexibility index (Phi) is 8.89. The Morgan fingerprint density at radius 3 is 2.10 bits per heavy atom. The predicted molar refractivity (Wildman–Crippen MR) is 214 cm³/mol. The van der Waals surface area contributed by atoms with Crippen LogP contribution in [0, 0.1) is 44.3 Å². The molecule has 2 aromatic rings. The molecule has 2 aromatic carbocycles. The molecular weight excluding hydrogens is 776 g/mol. The van der Waals surface area contributed by atoms with Crippen molar-refractivity contribution < 1.29 is 52.0 Å². The van der Waals surface area contributed by atoms with E-state index in [1.165, 1.54) is 24.3 Å². The van der Waals surface area contributed by atoms with E-state index in [2.05, 4.69) is 36.8 Å². The number of fused-ring (bicyclic) bond motifs is 3. The molecule has 0 radical (unpaired) electrons. The van der Waals surface area contributed by atoms with E-state index >= 15 is 9.59 Å². The van der Waals surface area contributed by atoms with Crippen molar-refractivity contribution in [1.82, 2.24) is 4.90 Å². The number of allylic oxidation sites excluding steroid dienone is 4. The van der Waals surface area contributed by atoms with Crippen molar-refractivity contribution in [3.8, 4) is 11.5 Å². The Bertz CT molecular complexity index is 2200. The third-order valence-electron chi connectivity index (χ3n) is 18.0. The Hall–Kier alpha value is -4.16. The van der Waals surface area contributed by atoms with Crippen molar-refractivity contribution in [3.05, 3.63) is 83.5 Å². The molecule has 0 aromatic heterocycles. The number of aliphatic hydroxyl groups excluding tert-OH is 1. The van der Waals surface area contributed by atoms with Gasteiger partial charge in [0.15, 0.2) is 11.4 Å². The van der Waals surface area contributed by atoms with E-state index < -0.39 is 68.4 Å². The summed E-state index contributed by atoms with van der Waals surface area (Å²) < 4.78 is 54.8. The number of methoxy groups -OCH3 is 1. The zero-order valence-corrected chi connectivity index (χ0v) is 35.3. The summed E-state index contributed by atoms with van der Waals surface area (Å²) in [7, 11) is 1.58. The molecule has 10 rings (SSSR count). The molecule has 10 atom stereocenters. The minimum atomic E-state index is -4.87. The van der Waals surface area contributed by atoms with Crippen molar-refractivity contribution in [2.75, 3.05) is 13.7 Å². The zero-order chi connectivity index (χ0) is 43.1. The maximum absolute atomic E-state index is 15.3. The molecule has 5 fully saturated rings. The number of esters is 1. The van der Waals surface area contributed by atoms with Crippen molar-refractivity contribution >= 4 is 17.7 Å². The minimum Gasteiger partial charge on any atom is -0.497 e. The third-order valence-corrected chi connectivity index (χ3v) is 18.0. The van der Waals surface area contributed by atoms with Crippen LogP contribution in [0.1, 0.15) is 108 Å². The van der Waals surface area contributed by atoms with Gasteiger partial charge in [-0.3, -0.25) is 14.4 Å². The lowest BCUT2D eigenvalue weighted by molar-refractivity contribution is -0.274. The molecule has 7 aliphatic carbocycles. The predicted octanol–water partition coefficient (Wildman–Crippen LogP) is 8.52. The topological polar surface area (TPSA) is 123 Å². The highest BCUT2D eigenvalue weighted by Gasteiger charge is 2.78. The Labute approximate surface area is 349 Å². The van der Waals surface area contributed by atoms with Crippen LogP contribution in [0.25, 0.3) is 0 Å². The van der Waals surface area contributed by atoms with Crippen LogP contribution >= 0.6 is 0 Å². The van der Waals surface area contributed by atoms with Crippen LogP contribution in [0.4, 0.5) is 13.2 Å². The first-order valence-electron chi connectivity index (χ1n) is 21.4. The number of nitrogens with zero attached hydrogens (tertiary/aromatic N) is 1. The minimum absolute atomic E-state index is 0.0500. The van der Waals surface area contributed by atoms with E-state index in [0.29, 0.717) is 73.8 Å². The van der Waals surface area contributed by atoms with Gasteiger partial charge in [0, 0.05) is 39.3 Å². The third kappa shape index (κ3) is 5.27. The molecule has 8 aliphatic rings. The van der Waals surface area contributed by atoms with Crippen molar-refractivity contribution in [2.24, 2.45) is 44.3 Å². The number of hydrogen-bond donors (Lipinski definition) is 2. The Morgan fingerprint density at radius 2 is 1.48 bits per heavy atom. The Morgan fingerprint density at radius 1 is 0.850 bits per heavy atom. The number of carbonyl (C=O) groups is 3. The van der Waals surface area contributed by atoms with Gasteiger partial charge in [0.25, 0.3) is 5.91 Å². The first kappa shape index (κ1) is 41.2. The number of aliphatic hydroxyl groups is 2. The monoisotopic (exact) mass is 831 g/mol. The highest BCUT2D eigenvalue weighted by molar-refractivity contribution is 6.10. The quantitative estimate of drug-likeness (QED) is 0.147. The van der Waals surface area contributed by atoms with Gasteiger partial charge in [0.1, 0.15) is 11.5 Å². The number of Topliss-reactive ketones (excluding diaryl/α,β-unsaturated/α-hetero) is 1. The summed E-state index contributed by atoms with van der Waals surface area (Å²) in [6, 6.07) is 12.5. The average molecular weight is 832 g/mol. The standard InChI is InChI=1S/C48H56F3NO8/c1-40(2)43(5)21-24-47(40,60-39(43)56)38(55)52(27-29-7-11-33(12-8-29)59-48(49,50)51)28-45(57)20-17-36-42(45,4)19-16-35-41(3)18-15-31(53)25-44(41)22-23-46(35,36)34(26-44)37(54)30-9-13-32(58-6)14-10-30/h7-14,22-23,26,31,35-36,53,57H,15-21,24-25,27-28H2,1-6H3. The summed E-state index contributed by atoms with van der Waals surface area (Å²) in [5, 5.41) is 24.5. The van der Waals surface area contributed by atoms with Crippen LogP contribution in [0.5, 0.6) is 11.5 Å². The van der Waals surface area contributed by atoms with E-state index in [1.54, 1.807) is 36.3 Å². The number of benzene rings is 2. The van der Waals surface area contributed by atoms with Crippen LogP contribution in [0.3, 0.4) is 0 Å². The molecule has 1 amide bonds. The molecule has 1 heterocycles. The van der Waals surface area contributed by atoms with Gasteiger partial charge in [0.2, 0.25) is 0 Å². The second-order valence-corrected chi connectivity index (χ2v) is 20.4. The van der Waals surface area contributed by atoms with E-state index in [1.807, 2.05) is 20.8 Å². The second-order valence-electron chi connectivity index (χ2n) is 20.4. The summed E-state index contributed by atoms with van der Waals surface area (Å²) >= 11 is 0. The fraction of sp³-hybridized carbons (Fsp3) is 0.604. The fourth-order valence-corrected chi connectivity index (χ4v) is 14.0. The fourth-order valence-electron chi connectivity index (χ4n) is 14.0. The first-order chi connectivity index (χ1) is 28.0. The van der Waals surface area contributed by atoms with Gasteiger partial charge in [-0.05, 0) is 124 Å². The summed E-state index contributed by atoms with van der Waals surface area (Å²) in [6.07, 6.45) is 6.28. The van der Waals surface area contributed by atoms with Gasteiger partial charge < -0.3 is 29.3 Å². The maximum Gasteiger partial charge on any atom is 0.573 e. The highest BCUT2D eigenvalue weighted by atomic mass is 19.4. The lowest BCUT2D eigenvalue weighted by Gasteiger charge is -2.71. The normalized spacial score (nSPS) is 40.5. The Balaban J connectivity index is 1.12. The van der Waals surface area contributed by atoms with E-state index in [9.17, 15) is 28.2 Å². The number of halogens is 3. The molecule has 2 spiro atoms. The van der Waals surface area contributed by atoms with Gasteiger partial charge in [-0.25, -0.2) is 0 Å². The lowest BCUT2D eigenvalue weighted by Crippen LogP contribution is -2.67. The SMILES string of the molecule is COc1ccc(C(=O)C2=CC34C=CC25C(CCC2(C)C5CCC2(O)CN(Cc2ccc(OC(F)(F)F)cc2)C(=O)C25CCC(C)(C(=O)O2)C5(C)C)C3(C)CCC(O)C4)cc1. The van der Waals surface area contributed by atoms with Crippen LogP contribution in [0.2, 0.25) is 0 Å². The molecule has 1 saturated heterocycles. The van der Waals surface area contributed by atoms with E-state index in [-0.39, 0.29) is 36.1 Å². The van der Waals surface area contributed by atoms with Crippen molar-refractivity contribution in [3.63, 3.8) is 0 Å². The molecule has 4 bridgehead atoms. The van der Waals surface area contributed by atoms with Crippen LogP contribution in [-0.4, -0.2) is 70.1 Å². The molecule has 4 saturated carbocycles. The van der Waals surface area contributed by atoms with Gasteiger partial charge in [-0.2, -0.15) is 0 Å². The van der Waals surface area contributed by atoms with E-state index in [4.69, 9.17) is 9.47 Å². The number of rotatable bonds is 9. The van der Waals surface area contributed by atoms with Gasteiger partial charge >= 0.3 is 12.3 Å². The molecule has 10 unspecified atom stereocenters. The molecule has 60 heavy (non-hydrogen) atoms. The maximum atomic E-state index is 15.3. The van der Waals surface area contributed by atoms with Crippen molar-refractivity contribution in [2.45, 2.75) is 123 Å². The number of ketones is 1. The van der Waals surface area contributed by atoms with Gasteiger partial charge in [0.05, 0.1) is 30.8 Å².